The zero-order valence-electron chi connectivity index (χ0n) is 14.4. The maximum absolute atomic E-state index is 12.7. The number of carbonyl (C=O) groups excluding carboxylic acids is 1. The Morgan fingerprint density at radius 3 is 2.77 bits per heavy atom. The first-order valence-electron chi connectivity index (χ1n) is 8.51. The summed E-state index contributed by atoms with van der Waals surface area (Å²) in [5.41, 5.74) is 1.47. The first kappa shape index (κ1) is 16.8. The Balaban J connectivity index is 1.74. The second-order valence-corrected chi connectivity index (χ2v) is 6.89. The van der Waals surface area contributed by atoms with Gasteiger partial charge in [-0.3, -0.25) is 4.57 Å². The van der Waals surface area contributed by atoms with Gasteiger partial charge in [-0.15, -0.1) is 0 Å². The number of amides is 1. The molecule has 0 atom stereocenters. The normalized spacial score (nSPS) is 14.3. The highest BCUT2D eigenvalue weighted by atomic mass is 35.5. The van der Waals surface area contributed by atoms with Gasteiger partial charge in [0.15, 0.2) is 5.65 Å². The number of hydrogen-bond acceptors (Lipinski definition) is 4. The Morgan fingerprint density at radius 1 is 1.27 bits per heavy atom. The number of carbonyl (C=O) groups is 1. The molecule has 1 aromatic carbocycles. The van der Waals surface area contributed by atoms with Crippen molar-refractivity contribution < 1.29 is 4.79 Å². The number of fused-ring (bicyclic) bond motifs is 1. The van der Waals surface area contributed by atoms with E-state index in [0.717, 1.165) is 18.4 Å². The summed E-state index contributed by atoms with van der Waals surface area (Å²) in [5, 5.41) is 0.651. The summed E-state index contributed by atoms with van der Waals surface area (Å²) < 4.78 is 2.57. The average molecular weight is 372 g/mol. The molecule has 3 heterocycles. The minimum Gasteiger partial charge on any atom is -0.324 e. The molecule has 7 nitrogen and oxygen atoms in total. The van der Waals surface area contributed by atoms with Crippen molar-refractivity contribution in [3.05, 3.63) is 57.4 Å². The zero-order chi connectivity index (χ0) is 18.3. The smallest absolute Gasteiger partial charge is 0.324 e. The van der Waals surface area contributed by atoms with Crippen LogP contribution < -0.4 is 5.69 Å². The van der Waals surface area contributed by atoms with E-state index < -0.39 is 5.69 Å². The average Bonchev–Trinajstić information content (AvgIpc) is 3.23. The predicted molar refractivity (Wildman–Crippen MR) is 98.6 cm³/mol. The Bertz CT molecular complexity index is 1050. The maximum Gasteiger partial charge on any atom is 0.338 e. The third-order valence-corrected chi connectivity index (χ3v) is 4.89. The van der Waals surface area contributed by atoms with Gasteiger partial charge in [-0.25, -0.2) is 24.1 Å². The third-order valence-electron chi connectivity index (χ3n) is 4.66. The number of rotatable bonds is 2. The fourth-order valence-electron chi connectivity index (χ4n) is 3.30. The van der Waals surface area contributed by atoms with E-state index in [1.54, 1.807) is 18.1 Å². The molecule has 2 aromatic heterocycles. The van der Waals surface area contributed by atoms with E-state index >= 15 is 0 Å². The summed E-state index contributed by atoms with van der Waals surface area (Å²) >= 11 is 6.02. The molecule has 1 aliphatic heterocycles. The summed E-state index contributed by atoms with van der Waals surface area (Å²) in [6.45, 7) is 1.35. The molecule has 3 aromatic rings. The number of nitrogens with zero attached hydrogens (tertiary/aromatic N) is 5. The molecule has 134 valence electrons. The lowest BCUT2D eigenvalue weighted by molar-refractivity contribution is 0.210. The van der Waals surface area contributed by atoms with Crippen LogP contribution in [0.3, 0.4) is 0 Å². The second kappa shape index (κ2) is 6.57. The molecular weight excluding hydrogens is 354 g/mol. The molecule has 0 radical (unpaired) electrons. The number of likely N-dealkylation sites (tertiary alicyclic amines) is 1. The third kappa shape index (κ3) is 2.88. The highest BCUT2D eigenvalue weighted by molar-refractivity contribution is 6.30. The SMILES string of the molecule is Cn1c(=O)n(C(=O)N2CCCC2)c2cnc(Cc3cccc(Cl)c3)nc21. The van der Waals surface area contributed by atoms with E-state index in [1.807, 2.05) is 24.3 Å². The highest BCUT2D eigenvalue weighted by Gasteiger charge is 2.25. The molecule has 0 aliphatic carbocycles. The largest absolute Gasteiger partial charge is 0.338 e. The van der Waals surface area contributed by atoms with Crippen LogP contribution >= 0.6 is 11.6 Å². The predicted octanol–water partition coefficient (Wildman–Crippen LogP) is 2.44. The molecule has 0 N–H and O–H groups in total. The quantitative estimate of drug-likeness (QED) is 0.693. The summed E-state index contributed by atoms with van der Waals surface area (Å²) in [5.74, 6) is 0.570. The van der Waals surface area contributed by atoms with Gasteiger partial charge in [0, 0.05) is 31.6 Å². The van der Waals surface area contributed by atoms with Gasteiger partial charge in [-0.2, -0.15) is 0 Å². The van der Waals surface area contributed by atoms with E-state index in [2.05, 4.69) is 9.97 Å². The van der Waals surface area contributed by atoms with Crippen LogP contribution in [0.25, 0.3) is 11.2 Å². The van der Waals surface area contributed by atoms with Crippen LogP contribution in [0.5, 0.6) is 0 Å². The van der Waals surface area contributed by atoms with Gasteiger partial charge in [-0.05, 0) is 30.5 Å². The minimum absolute atomic E-state index is 0.302. The number of aryl methyl sites for hydroxylation is 1. The molecule has 0 saturated carbocycles. The van der Waals surface area contributed by atoms with Crippen LogP contribution in [0, 0.1) is 0 Å². The Kier molecular flexibility index (Phi) is 4.24. The van der Waals surface area contributed by atoms with Crippen molar-refractivity contribution in [1.29, 1.82) is 0 Å². The zero-order valence-corrected chi connectivity index (χ0v) is 15.1. The lowest BCUT2D eigenvalue weighted by Crippen LogP contribution is -2.38. The summed E-state index contributed by atoms with van der Waals surface area (Å²) in [6, 6.07) is 7.18. The lowest BCUT2D eigenvalue weighted by atomic mass is 10.1. The van der Waals surface area contributed by atoms with Gasteiger partial charge >= 0.3 is 11.7 Å². The monoisotopic (exact) mass is 371 g/mol. The Morgan fingerprint density at radius 2 is 2.04 bits per heavy atom. The minimum atomic E-state index is -0.397. The van der Waals surface area contributed by atoms with Gasteiger partial charge in [0.05, 0.1) is 6.20 Å². The van der Waals surface area contributed by atoms with Crippen molar-refractivity contribution in [3.63, 3.8) is 0 Å². The van der Waals surface area contributed by atoms with E-state index in [0.29, 0.717) is 41.5 Å². The van der Waals surface area contributed by atoms with Crippen molar-refractivity contribution >= 4 is 28.8 Å². The standard InChI is InChI=1S/C18H18ClN5O2/c1-22-16-14(24(17(22)25)18(26)23-7-2-3-8-23)11-20-15(21-16)10-12-5-4-6-13(19)9-12/h4-6,9,11H,2-3,7-8,10H2,1H3. The van der Waals surface area contributed by atoms with E-state index in [-0.39, 0.29) is 6.03 Å². The van der Waals surface area contributed by atoms with Crippen LogP contribution in [0.15, 0.2) is 35.3 Å². The fourth-order valence-corrected chi connectivity index (χ4v) is 3.51. The number of halogens is 1. The number of aromatic nitrogens is 4. The first-order chi connectivity index (χ1) is 12.5. The highest BCUT2D eigenvalue weighted by Crippen LogP contribution is 2.16. The van der Waals surface area contributed by atoms with Crippen molar-refractivity contribution in [2.24, 2.45) is 7.05 Å². The van der Waals surface area contributed by atoms with Crippen molar-refractivity contribution in [2.45, 2.75) is 19.3 Å². The summed E-state index contributed by atoms with van der Waals surface area (Å²) in [4.78, 5) is 35.9. The number of benzene rings is 1. The van der Waals surface area contributed by atoms with Gasteiger partial charge in [0.25, 0.3) is 0 Å². The van der Waals surface area contributed by atoms with Gasteiger partial charge in [0.1, 0.15) is 11.3 Å². The molecule has 0 spiro atoms. The molecule has 1 saturated heterocycles. The molecule has 1 amide bonds. The molecule has 4 rings (SSSR count). The molecule has 8 heteroatoms. The molecule has 0 bridgehead atoms. The van der Waals surface area contributed by atoms with Crippen LogP contribution in [0.1, 0.15) is 24.2 Å². The van der Waals surface area contributed by atoms with Crippen LogP contribution in [-0.2, 0) is 13.5 Å². The molecule has 26 heavy (non-hydrogen) atoms. The number of imidazole rings is 1. The van der Waals surface area contributed by atoms with Crippen LogP contribution in [-0.4, -0.2) is 43.1 Å². The molecule has 1 aliphatic rings. The lowest BCUT2D eigenvalue weighted by Gasteiger charge is -2.14. The maximum atomic E-state index is 12.7. The van der Waals surface area contributed by atoms with E-state index in [4.69, 9.17) is 11.6 Å². The summed E-state index contributed by atoms with van der Waals surface area (Å²) in [7, 11) is 1.62. The second-order valence-electron chi connectivity index (χ2n) is 6.46. The Hall–Kier alpha value is -2.67. The van der Waals surface area contributed by atoms with Gasteiger partial charge in [0.2, 0.25) is 0 Å². The molecule has 1 fully saturated rings. The van der Waals surface area contributed by atoms with Gasteiger partial charge in [-0.1, -0.05) is 23.7 Å². The molecular formula is C18H18ClN5O2. The first-order valence-corrected chi connectivity index (χ1v) is 8.89. The fraction of sp³-hybridized carbons (Fsp3) is 0.333. The topological polar surface area (TPSA) is 73.0 Å². The summed E-state index contributed by atoms with van der Waals surface area (Å²) in [6.07, 6.45) is 3.98. The van der Waals surface area contributed by atoms with Crippen LogP contribution in [0.2, 0.25) is 5.02 Å². The van der Waals surface area contributed by atoms with E-state index in [1.165, 1.54) is 9.13 Å². The Labute approximate surface area is 154 Å². The van der Waals surface area contributed by atoms with Crippen LogP contribution in [0.4, 0.5) is 4.79 Å². The van der Waals surface area contributed by atoms with Crippen molar-refractivity contribution in [2.75, 3.05) is 13.1 Å². The molecule has 0 unspecified atom stereocenters. The number of hydrogen-bond donors (Lipinski definition) is 0. The van der Waals surface area contributed by atoms with E-state index in [9.17, 15) is 9.59 Å². The van der Waals surface area contributed by atoms with Crippen molar-refractivity contribution in [1.82, 2.24) is 24.0 Å². The van der Waals surface area contributed by atoms with Gasteiger partial charge < -0.3 is 4.90 Å². The van der Waals surface area contributed by atoms with Crippen molar-refractivity contribution in [3.8, 4) is 0 Å².